The van der Waals surface area contributed by atoms with Crippen LogP contribution in [0.15, 0.2) is 140 Å². The van der Waals surface area contributed by atoms with Crippen LogP contribution in [0.5, 0.6) is 28.7 Å². The molecule has 0 spiro atoms. The average Bonchev–Trinajstić information content (AvgIpc) is 0.902. The monoisotopic (exact) mass is 1890 g/mol. The number of aryl methyl sites for hydroxylation is 2. The summed E-state index contributed by atoms with van der Waals surface area (Å²) in [5, 5.41) is 0. The second-order valence-electron chi connectivity index (χ2n) is 37.2. The Bertz CT molecular complexity index is 4600. The second-order valence-corrected chi connectivity index (χ2v) is 37.2. The first-order valence-corrected chi connectivity index (χ1v) is 43.4. The van der Waals surface area contributed by atoms with Crippen molar-refractivity contribution < 1.29 is 147 Å². The Morgan fingerprint density at radius 2 is 0.803 bits per heavy atom. The third-order valence-electron chi connectivity index (χ3n) is 21.0. The molecule has 6 aromatic carbocycles. The van der Waals surface area contributed by atoms with Crippen molar-refractivity contribution in [1.29, 1.82) is 0 Å². The van der Waals surface area contributed by atoms with Crippen LogP contribution in [-0.2, 0) is 78.2 Å². The number of halogens is 13. The van der Waals surface area contributed by atoms with Crippen LogP contribution in [0.25, 0.3) is 0 Å². The van der Waals surface area contributed by atoms with Crippen LogP contribution >= 0.6 is 0 Å². The third kappa shape index (κ3) is 36.5. The largest absolute Gasteiger partial charge is 0.519 e. The number of alkyl halides is 13. The maximum Gasteiger partial charge on any atom is 0.519 e. The van der Waals surface area contributed by atoms with Crippen LogP contribution in [0.3, 0.4) is 0 Å². The highest BCUT2D eigenvalue weighted by Gasteiger charge is 2.90. The number of hydrogen-bond donors (Lipinski definition) is 0. The van der Waals surface area contributed by atoms with Crippen LogP contribution in [0, 0.1) is 37.0 Å². The van der Waals surface area contributed by atoms with Crippen LogP contribution in [0.4, 0.5) is 61.9 Å². The first-order chi connectivity index (χ1) is 60.4. The zero-order valence-electron chi connectivity index (χ0n) is 81.2. The van der Waals surface area contributed by atoms with Gasteiger partial charge in [-0.3, -0.25) is 28.8 Å². The quantitative estimate of drug-likeness (QED) is 0.00749. The molecule has 1 fully saturated rings. The van der Waals surface area contributed by atoms with E-state index in [0.717, 1.165) is 83.4 Å². The van der Waals surface area contributed by atoms with E-state index in [2.05, 4.69) is 91.3 Å². The van der Waals surface area contributed by atoms with Crippen molar-refractivity contribution in [2.24, 2.45) is 23.2 Å². The van der Waals surface area contributed by atoms with E-state index in [1.165, 1.54) is 33.3 Å². The molecule has 132 heavy (non-hydrogen) atoms. The Balaban J connectivity index is 0.000000597. The molecule has 7 rings (SSSR count). The number of carbonyl (C=O) groups is 7. The summed E-state index contributed by atoms with van der Waals surface area (Å²) in [6, 6.07) is 44.8. The fraction of sp³-hybridized carbons (Fsp3) is 0.570. The fourth-order valence-corrected chi connectivity index (χ4v) is 11.3. The molecule has 1 saturated heterocycles. The van der Waals surface area contributed by atoms with Gasteiger partial charge in [0.05, 0.1) is 53.5 Å². The van der Waals surface area contributed by atoms with Crippen molar-refractivity contribution in [3.8, 4) is 28.7 Å². The standard InChI is InChI=1S/C42H40O7.C14H22O.C13H13F13O2.C11H22O3.C10H18O3.C10H20O3/c1-27-25-34(17-23-38(27)47-30(4)44)41(5,6)35-18-24-39(28(2)26-35)49-40(45)48-37-21-15-33(16-22-37)42(7,31-11-9-8-10-12-31)32-13-19-36(20-14-32)46-29(3)43;1-13(2,3)11-7-9-12(10-8-11)15-14(4,5)6;1-3-6(2)7(27)28-5-4-8(14,15)9(16,17)10(18,19)11(20,21)12(22,23)13(24,25)26;1-7-11(5,6)9(12)13-8-14-10(2,3)4;1-3-8(2)10(11)13-7-9-5-4-6-12-9;1-6-8(2)9(11)12-7-13-10(3,4)5/h8-26H,1-7H3;7-10H,1-6H3;6H,3-5H2,1-2H3;7-8H2,1-6H3;8-9H,3-7H2,1-2H3;8H,6-7H2,1-5H3. The number of benzene rings is 6. The van der Waals surface area contributed by atoms with E-state index in [1.807, 2.05) is 189 Å². The normalized spacial score (nSPS) is 14.6. The minimum absolute atomic E-state index is 0.0152. The van der Waals surface area contributed by atoms with Crippen molar-refractivity contribution in [1.82, 2.24) is 0 Å². The minimum atomic E-state index is -7.93. The highest BCUT2D eigenvalue weighted by atomic mass is 19.4. The summed E-state index contributed by atoms with van der Waals surface area (Å²) in [6.07, 6.45) is -6.09. The molecule has 1 aliphatic rings. The van der Waals surface area contributed by atoms with Gasteiger partial charge in [0, 0.05) is 31.3 Å². The average molecular weight is 1890 g/mol. The van der Waals surface area contributed by atoms with Gasteiger partial charge in [0.1, 0.15) is 41.0 Å². The first-order valence-electron chi connectivity index (χ1n) is 43.4. The molecule has 5 atom stereocenters. The topological polar surface area (TPSA) is 230 Å². The summed E-state index contributed by atoms with van der Waals surface area (Å²) in [4.78, 5) is 80.8. The van der Waals surface area contributed by atoms with Crippen molar-refractivity contribution in [3.05, 3.63) is 184 Å². The zero-order chi connectivity index (χ0) is 102. The van der Waals surface area contributed by atoms with E-state index in [-0.39, 0.29) is 95.4 Å². The third-order valence-corrected chi connectivity index (χ3v) is 21.0. The summed E-state index contributed by atoms with van der Waals surface area (Å²) < 4.78 is 229. The highest BCUT2D eigenvalue weighted by Crippen LogP contribution is 2.61. The maximum absolute atomic E-state index is 13.4. The van der Waals surface area contributed by atoms with Gasteiger partial charge in [-0.1, -0.05) is 174 Å². The van der Waals surface area contributed by atoms with Gasteiger partial charge >= 0.3 is 77.8 Å². The predicted molar refractivity (Wildman–Crippen MR) is 476 cm³/mol. The van der Waals surface area contributed by atoms with Gasteiger partial charge in [-0.2, -0.15) is 57.1 Å². The highest BCUT2D eigenvalue weighted by molar-refractivity contribution is 5.76. The van der Waals surface area contributed by atoms with Gasteiger partial charge in [0.25, 0.3) is 0 Å². The van der Waals surface area contributed by atoms with Crippen molar-refractivity contribution >= 4 is 42.0 Å². The zero-order valence-corrected chi connectivity index (χ0v) is 81.2. The summed E-state index contributed by atoms with van der Waals surface area (Å²) in [6.45, 7) is 52.8. The lowest BCUT2D eigenvalue weighted by atomic mass is 9.71. The van der Waals surface area contributed by atoms with Crippen LogP contribution in [0.2, 0.25) is 0 Å². The molecule has 0 aromatic heterocycles. The Morgan fingerprint density at radius 1 is 0.417 bits per heavy atom. The van der Waals surface area contributed by atoms with Crippen molar-refractivity contribution in [2.75, 3.05) is 33.4 Å². The summed E-state index contributed by atoms with van der Waals surface area (Å²) in [5.41, 5.74) is 6.35. The molecule has 1 heterocycles. The molecule has 0 amide bonds. The number of ether oxygens (including phenoxy) is 12. The molecule has 19 nitrogen and oxygen atoms in total. The van der Waals surface area contributed by atoms with Gasteiger partial charge < -0.3 is 56.8 Å². The molecular formula is C100H135F13O19. The van der Waals surface area contributed by atoms with Gasteiger partial charge in [-0.05, 0) is 234 Å². The van der Waals surface area contributed by atoms with E-state index < -0.39 is 77.7 Å². The Morgan fingerprint density at radius 3 is 1.19 bits per heavy atom. The molecule has 1 aliphatic heterocycles. The molecule has 0 bridgehead atoms. The molecule has 6 aromatic rings. The smallest absolute Gasteiger partial charge is 0.488 e. The van der Waals surface area contributed by atoms with Crippen LogP contribution in [-0.4, -0.2) is 134 Å². The molecule has 0 radical (unpaired) electrons. The SMILES string of the molecule is CC(=O)Oc1ccc(C(C)(c2ccccc2)c2ccc(OC(=O)Oc3ccc(C(C)(C)c4ccc(OC(C)=O)c(C)c4)cc3C)cc2)cc1.CC(C)(C)Oc1ccc(C(C)(C)C)cc1.CCC(C)(C)C(=O)OCOC(C)(C)C.CCC(C)C(=O)OCC1CCCO1.CCC(C)C(=O)OCCC(F)(F)C(F)(F)C(F)(F)C(F)(F)C(F)(F)C(F)(F)F.CCC(C)C(=O)OCOC(C)(C)C. The van der Waals surface area contributed by atoms with Crippen LogP contribution in [0.1, 0.15) is 269 Å². The molecular weight excluding hydrogens is 1750 g/mol. The van der Waals surface area contributed by atoms with Crippen LogP contribution < -0.4 is 23.7 Å². The lowest BCUT2D eigenvalue weighted by molar-refractivity contribution is -0.440. The number of hydrogen-bond acceptors (Lipinski definition) is 19. The van der Waals surface area contributed by atoms with Gasteiger partial charge in [0.15, 0.2) is 13.6 Å². The van der Waals surface area contributed by atoms with Gasteiger partial charge in [0.2, 0.25) is 0 Å². The first kappa shape index (κ1) is 118. The number of esters is 6. The summed E-state index contributed by atoms with van der Waals surface area (Å²) in [7, 11) is 0. The molecule has 5 unspecified atom stereocenters. The molecule has 32 heteroatoms. The molecule has 0 saturated carbocycles. The van der Waals surface area contributed by atoms with Crippen molar-refractivity contribution in [3.63, 3.8) is 0 Å². The maximum atomic E-state index is 13.4. The lowest BCUT2D eigenvalue weighted by Gasteiger charge is -2.39. The lowest BCUT2D eigenvalue weighted by Crippen LogP contribution is -2.70. The van der Waals surface area contributed by atoms with Crippen molar-refractivity contribution in [2.45, 2.75) is 314 Å². The summed E-state index contributed by atoms with van der Waals surface area (Å²) in [5.74, 6) is -37.9. The molecule has 0 aliphatic carbocycles. The number of carbonyl (C=O) groups excluding carboxylic acids is 7. The summed E-state index contributed by atoms with van der Waals surface area (Å²) >= 11 is 0. The Hall–Kier alpha value is -9.82. The van der Waals surface area contributed by atoms with E-state index in [4.69, 9.17) is 52.1 Å². The minimum Gasteiger partial charge on any atom is -0.488 e. The fourth-order valence-electron chi connectivity index (χ4n) is 11.3. The van der Waals surface area contributed by atoms with Gasteiger partial charge in [-0.25, -0.2) is 4.79 Å². The van der Waals surface area contributed by atoms with E-state index in [0.29, 0.717) is 29.6 Å². The van der Waals surface area contributed by atoms with E-state index >= 15 is 0 Å². The molecule has 740 valence electrons. The van der Waals surface area contributed by atoms with E-state index in [1.54, 1.807) is 30.3 Å². The second kappa shape index (κ2) is 50.0. The van der Waals surface area contributed by atoms with Gasteiger partial charge in [-0.15, -0.1) is 0 Å². The predicted octanol–water partition coefficient (Wildman–Crippen LogP) is 26.1. The Kier molecular flexibility index (Phi) is 44.7. The Labute approximate surface area is 769 Å². The molecule has 0 N–H and O–H groups in total. The van der Waals surface area contributed by atoms with E-state index in [9.17, 15) is 90.6 Å². The number of rotatable bonds is 31.